The van der Waals surface area contributed by atoms with Crippen molar-refractivity contribution in [3.8, 4) is 0 Å². The third-order valence-corrected chi connectivity index (χ3v) is 6.81. The molecule has 8 nitrogen and oxygen atoms in total. The average Bonchev–Trinajstić information content (AvgIpc) is 3.50. The number of rotatable bonds is 7. The lowest BCUT2D eigenvalue weighted by Gasteiger charge is -2.22. The topological polar surface area (TPSA) is 82.1 Å². The molecule has 0 unspecified atom stereocenters. The minimum Gasteiger partial charge on any atom is -0.336 e. The van der Waals surface area contributed by atoms with Crippen LogP contribution in [0.4, 0.5) is 0 Å². The van der Waals surface area contributed by atoms with Crippen LogP contribution >= 0.6 is 22.7 Å². The Morgan fingerprint density at radius 1 is 1.07 bits per heavy atom. The predicted octanol–water partition coefficient (Wildman–Crippen LogP) is 1.83. The zero-order valence-electron chi connectivity index (χ0n) is 16.6. The summed E-state index contributed by atoms with van der Waals surface area (Å²) >= 11 is 3.28. The number of carbonyl (C=O) groups is 1. The van der Waals surface area contributed by atoms with Gasteiger partial charge in [-0.1, -0.05) is 12.1 Å². The number of thiophene rings is 2. The number of aryl methyl sites for hydroxylation is 1. The highest BCUT2D eigenvalue weighted by Crippen LogP contribution is 2.16. The molecule has 0 atom stereocenters. The third kappa shape index (κ3) is 3.88. The van der Waals surface area contributed by atoms with Crippen LogP contribution in [-0.4, -0.2) is 36.0 Å². The first-order valence-electron chi connectivity index (χ1n) is 9.39. The molecule has 0 radical (unpaired) electrons. The summed E-state index contributed by atoms with van der Waals surface area (Å²) in [6.07, 6.45) is 2.22. The van der Waals surface area contributed by atoms with Gasteiger partial charge in [0, 0.05) is 30.4 Å². The Labute approximate surface area is 180 Å². The molecule has 10 heteroatoms. The van der Waals surface area contributed by atoms with Crippen LogP contribution in [0.5, 0.6) is 0 Å². The van der Waals surface area contributed by atoms with Crippen molar-refractivity contribution in [3.05, 3.63) is 71.9 Å². The number of nitrogens with zero attached hydrogens (tertiary/aromatic N) is 5. The summed E-state index contributed by atoms with van der Waals surface area (Å²) in [5, 5.41) is 4.02. The summed E-state index contributed by atoms with van der Waals surface area (Å²) in [6, 6.07) is 8.04. The fraction of sp³-hybridized carbons (Fsp3) is 0.300. The normalized spacial score (nSPS) is 11.3. The molecule has 0 aromatic carbocycles. The maximum absolute atomic E-state index is 13.2. The lowest BCUT2D eigenvalue weighted by molar-refractivity contribution is -0.132. The van der Waals surface area contributed by atoms with Crippen molar-refractivity contribution in [1.29, 1.82) is 0 Å². The summed E-state index contributed by atoms with van der Waals surface area (Å²) < 4.78 is 3.88. The van der Waals surface area contributed by atoms with E-state index in [0.29, 0.717) is 13.1 Å². The van der Waals surface area contributed by atoms with Gasteiger partial charge in [0.25, 0.3) is 5.56 Å². The molecule has 30 heavy (non-hydrogen) atoms. The maximum Gasteiger partial charge on any atom is 0.332 e. The minimum atomic E-state index is -0.457. The van der Waals surface area contributed by atoms with Crippen LogP contribution in [0.2, 0.25) is 0 Å². The maximum atomic E-state index is 13.2. The standard InChI is InChI=1S/C20H21N5O3S2/c1-22-18-17(19(27)23(2)20(22)28)25(13-21-18)12-16(26)24(11-15-6-4-10-30-15)8-7-14-5-3-9-29-14/h3-6,9-10,13H,7-8,11-12H2,1-2H3. The Hall–Kier alpha value is -2.98. The van der Waals surface area contributed by atoms with Crippen LogP contribution in [0, 0.1) is 0 Å². The number of hydrogen-bond donors (Lipinski definition) is 0. The van der Waals surface area contributed by atoms with Gasteiger partial charge in [0.2, 0.25) is 5.91 Å². The van der Waals surface area contributed by atoms with Gasteiger partial charge in [-0.2, -0.15) is 0 Å². The number of amides is 1. The molecule has 0 aliphatic rings. The highest BCUT2D eigenvalue weighted by atomic mass is 32.1. The van der Waals surface area contributed by atoms with E-state index in [4.69, 9.17) is 0 Å². The van der Waals surface area contributed by atoms with Crippen molar-refractivity contribution in [2.24, 2.45) is 14.1 Å². The molecule has 1 amide bonds. The van der Waals surface area contributed by atoms with Crippen molar-refractivity contribution in [2.75, 3.05) is 6.54 Å². The molecule has 0 bridgehead atoms. The summed E-state index contributed by atoms with van der Waals surface area (Å²) in [6.45, 7) is 1.09. The number of hydrogen-bond acceptors (Lipinski definition) is 6. The quantitative estimate of drug-likeness (QED) is 0.436. The van der Waals surface area contributed by atoms with Crippen LogP contribution in [-0.2, 0) is 38.4 Å². The lowest BCUT2D eigenvalue weighted by atomic mass is 10.3. The van der Waals surface area contributed by atoms with Crippen molar-refractivity contribution in [3.63, 3.8) is 0 Å². The Balaban J connectivity index is 1.61. The SMILES string of the molecule is Cn1c(=O)c2c(ncn2CC(=O)N(CCc2cccs2)Cc2cccs2)n(C)c1=O. The second kappa shape index (κ2) is 8.41. The molecular formula is C20H21N5O3S2. The summed E-state index contributed by atoms with van der Waals surface area (Å²) in [5.74, 6) is -0.102. The molecule has 0 N–H and O–H groups in total. The van der Waals surface area contributed by atoms with E-state index in [1.54, 1.807) is 29.7 Å². The van der Waals surface area contributed by atoms with Crippen LogP contribution < -0.4 is 11.2 Å². The first-order chi connectivity index (χ1) is 14.5. The number of aromatic nitrogens is 4. The zero-order chi connectivity index (χ0) is 21.3. The summed E-state index contributed by atoms with van der Waals surface area (Å²) in [5.41, 5.74) is -0.372. The van der Waals surface area contributed by atoms with E-state index in [1.165, 1.54) is 27.4 Å². The van der Waals surface area contributed by atoms with Crippen LogP contribution in [0.15, 0.2) is 50.9 Å². The van der Waals surface area contributed by atoms with Crippen molar-refractivity contribution < 1.29 is 4.79 Å². The number of imidazole rings is 1. The number of carbonyl (C=O) groups excluding carboxylic acids is 1. The average molecular weight is 444 g/mol. The molecule has 0 aliphatic heterocycles. The fourth-order valence-electron chi connectivity index (χ4n) is 3.35. The number of fused-ring (bicyclic) bond motifs is 1. The molecule has 0 saturated carbocycles. The van der Waals surface area contributed by atoms with Gasteiger partial charge in [-0.05, 0) is 29.3 Å². The highest BCUT2D eigenvalue weighted by Gasteiger charge is 2.20. The van der Waals surface area contributed by atoms with Gasteiger partial charge >= 0.3 is 5.69 Å². The lowest BCUT2D eigenvalue weighted by Crippen LogP contribution is -2.38. The Bertz CT molecular complexity index is 1280. The monoisotopic (exact) mass is 443 g/mol. The van der Waals surface area contributed by atoms with E-state index in [9.17, 15) is 14.4 Å². The first kappa shape index (κ1) is 20.3. The van der Waals surface area contributed by atoms with Gasteiger partial charge in [0.05, 0.1) is 12.9 Å². The van der Waals surface area contributed by atoms with E-state index < -0.39 is 11.2 Å². The highest BCUT2D eigenvalue weighted by molar-refractivity contribution is 7.10. The molecule has 0 fully saturated rings. The molecule has 0 saturated heterocycles. The third-order valence-electron chi connectivity index (χ3n) is 5.01. The van der Waals surface area contributed by atoms with E-state index in [0.717, 1.165) is 15.9 Å². The van der Waals surface area contributed by atoms with Crippen molar-refractivity contribution >= 4 is 39.7 Å². The molecule has 4 aromatic rings. The van der Waals surface area contributed by atoms with Gasteiger partial charge in [-0.25, -0.2) is 9.78 Å². The first-order valence-corrected chi connectivity index (χ1v) is 11.1. The molecular weight excluding hydrogens is 422 g/mol. The van der Waals surface area contributed by atoms with Gasteiger partial charge in [-0.3, -0.25) is 18.7 Å². The molecule has 0 aliphatic carbocycles. The van der Waals surface area contributed by atoms with Crippen molar-refractivity contribution in [1.82, 2.24) is 23.6 Å². The molecule has 156 valence electrons. The molecule has 0 spiro atoms. The van der Waals surface area contributed by atoms with Crippen LogP contribution in [0.3, 0.4) is 0 Å². The van der Waals surface area contributed by atoms with Gasteiger partial charge < -0.3 is 9.47 Å². The Morgan fingerprint density at radius 2 is 1.77 bits per heavy atom. The molecule has 4 aromatic heterocycles. The largest absolute Gasteiger partial charge is 0.336 e. The van der Waals surface area contributed by atoms with E-state index in [1.807, 2.05) is 33.9 Å². The van der Waals surface area contributed by atoms with E-state index >= 15 is 0 Å². The van der Waals surface area contributed by atoms with E-state index in [2.05, 4.69) is 11.1 Å². The Morgan fingerprint density at radius 3 is 2.43 bits per heavy atom. The summed E-state index contributed by atoms with van der Waals surface area (Å²) in [4.78, 5) is 46.3. The van der Waals surface area contributed by atoms with E-state index in [-0.39, 0.29) is 23.6 Å². The summed E-state index contributed by atoms with van der Waals surface area (Å²) in [7, 11) is 2.99. The van der Waals surface area contributed by atoms with Gasteiger partial charge in [0.15, 0.2) is 11.2 Å². The van der Waals surface area contributed by atoms with Crippen LogP contribution in [0.1, 0.15) is 9.75 Å². The smallest absolute Gasteiger partial charge is 0.332 e. The van der Waals surface area contributed by atoms with Crippen LogP contribution in [0.25, 0.3) is 11.2 Å². The predicted molar refractivity (Wildman–Crippen MR) is 118 cm³/mol. The zero-order valence-corrected chi connectivity index (χ0v) is 18.3. The van der Waals surface area contributed by atoms with Crippen molar-refractivity contribution in [2.45, 2.75) is 19.5 Å². The minimum absolute atomic E-state index is 0.0141. The molecule has 4 heterocycles. The van der Waals surface area contributed by atoms with Gasteiger partial charge in [0.1, 0.15) is 6.54 Å². The fourth-order valence-corrected chi connectivity index (χ4v) is 4.76. The Kier molecular flexibility index (Phi) is 5.69. The second-order valence-corrected chi connectivity index (χ2v) is 9.04. The second-order valence-electron chi connectivity index (χ2n) is 6.97. The molecule has 4 rings (SSSR count). The van der Waals surface area contributed by atoms with Gasteiger partial charge in [-0.15, -0.1) is 22.7 Å².